The van der Waals surface area contributed by atoms with Crippen molar-refractivity contribution in [2.24, 2.45) is 0 Å². The van der Waals surface area contributed by atoms with E-state index in [0.717, 1.165) is 37.3 Å². The van der Waals surface area contributed by atoms with Gasteiger partial charge in [0.15, 0.2) is 0 Å². The van der Waals surface area contributed by atoms with Crippen molar-refractivity contribution < 1.29 is 13.2 Å². The predicted octanol–water partition coefficient (Wildman–Crippen LogP) is 7.69. The minimum Gasteiger partial charge on any atom is -0.251 e. The molecule has 1 atom stereocenters. The molecule has 0 fully saturated rings. The van der Waals surface area contributed by atoms with Gasteiger partial charge in [0.2, 0.25) is 0 Å². The minimum atomic E-state index is -4.36. The molecule has 0 radical (unpaired) electrons. The second-order valence-corrected chi connectivity index (χ2v) is 7.47. The average molecular weight is 358 g/mol. The van der Waals surface area contributed by atoms with E-state index in [2.05, 4.69) is 25.8 Å². The molecule has 0 saturated heterocycles. The van der Waals surface area contributed by atoms with E-state index in [9.17, 15) is 13.2 Å². The van der Waals surface area contributed by atoms with E-state index in [1.165, 1.54) is 51.1 Å². The van der Waals surface area contributed by atoms with Crippen molar-refractivity contribution in [2.45, 2.75) is 103 Å². The molecule has 4 heteroatoms. The van der Waals surface area contributed by atoms with Crippen molar-refractivity contribution in [3.63, 3.8) is 0 Å². The van der Waals surface area contributed by atoms with E-state index in [4.69, 9.17) is 0 Å². The van der Waals surface area contributed by atoms with Crippen molar-refractivity contribution in [1.29, 1.82) is 0 Å². The van der Waals surface area contributed by atoms with E-state index >= 15 is 0 Å². The summed E-state index contributed by atoms with van der Waals surface area (Å²) in [5, 5.41) is 0. The molecule has 1 nitrogen and oxygen atoms in total. The van der Waals surface area contributed by atoms with Crippen molar-refractivity contribution in [1.82, 2.24) is 4.98 Å². The van der Waals surface area contributed by atoms with Crippen LogP contribution < -0.4 is 0 Å². The van der Waals surface area contributed by atoms with Gasteiger partial charge < -0.3 is 0 Å². The number of alkyl halides is 3. The lowest BCUT2D eigenvalue weighted by Crippen LogP contribution is -2.23. The van der Waals surface area contributed by atoms with Crippen LogP contribution >= 0.6 is 0 Å². The molecule has 0 bridgehead atoms. The van der Waals surface area contributed by atoms with E-state index in [-0.39, 0.29) is 5.41 Å². The highest BCUT2D eigenvalue weighted by atomic mass is 19.4. The standard InChI is InChI=1S/C21H34F3N/c1-4-6-8-10-12-16-20(3,15-11-9-7-5-2)18-13-14-19(25-17-18)21(22,23)24/h13-14,17H,4-12,15-16H2,1-3H3. The molecule has 144 valence electrons. The van der Waals surface area contributed by atoms with Gasteiger partial charge in [-0.05, 0) is 29.9 Å². The lowest BCUT2D eigenvalue weighted by Gasteiger charge is -2.30. The number of pyridine rings is 1. The zero-order valence-electron chi connectivity index (χ0n) is 16.1. The van der Waals surface area contributed by atoms with Gasteiger partial charge in [-0.3, -0.25) is 4.98 Å². The van der Waals surface area contributed by atoms with Gasteiger partial charge in [-0.2, -0.15) is 13.2 Å². The van der Waals surface area contributed by atoms with Gasteiger partial charge in [-0.15, -0.1) is 0 Å². The second kappa shape index (κ2) is 10.8. The highest BCUT2D eigenvalue weighted by Crippen LogP contribution is 2.36. The maximum Gasteiger partial charge on any atom is 0.433 e. The van der Waals surface area contributed by atoms with Crippen LogP contribution in [-0.2, 0) is 11.6 Å². The molecule has 0 spiro atoms. The Morgan fingerprint density at radius 3 is 1.76 bits per heavy atom. The summed E-state index contributed by atoms with van der Waals surface area (Å²) < 4.78 is 38.3. The van der Waals surface area contributed by atoms with Gasteiger partial charge >= 0.3 is 6.18 Å². The van der Waals surface area contributed by atoms with Crippen LogP contribution in [-0.4, -0.2) is 4.98 Å². The summed E-state index contributed by atoms with van der Waals surface area (Å²) in [6.45, 7) is 6.58. The fourth-order valence-electron chi connectivity index (χ4n) is 3.39. The summed E-state index contributed by atoms with van der Waals surface area (Å²) in [5.74, 6) is 0. The Bertz CT molecular complexity index is 467. The molecule has 25 heavy (non-hydrogen) atoms. The molecule has 0 aliphatic rings. The van der Waals surface area contributed by atoms with E-state index in [1.54, 1.807) is 6.07 Å². The minimum absolute atomic E-state index is 0.0723. The van der Waals surface area contributed by atoms with Gasteiger partial charge in [0.25, 0.3) is 0 Å². The molecule has 0 N–H and O–H groups in total. The van der Waals surface area contributed by atoms with Gasteiger partial charge in [0, 0.05) is 6.20 Å². The molecule has 0 amide bonds. The summed E-state index contributed by atoms with van der Waals surface area (Å²) >= 11 is 0. The third-order valence-corrected chi connectivity index (χ3v) is 5.17. The van der Waals surface area contributed by atoms with E-state index < -0.39 is 11.9 Å². The van der Waals surface area contributed by atoms with Gasteiger partial charge in [-0.25, -0.2) is 0 Å². The summed E-state index contributed by atoms with van der Waals surface area (Å²) in [4.78, 5) is 3.69. The van der Waals surface area contributed by atoms with Crippen LogP contribution in [0.5, 0.6) is 0 Å². The molecule has 1 rings (SSSR count). The van der Waals surface area contributed by atoms with Crippen LogP contribution in [0.4, 0.5) is 13.2 Å². The first-order chi connectivity index (χ1) is 11.8. The molecule has 1 aromatic rings. The number of hydrogen-bond acceptors (Lipinski definition) is 1. The Balaban J connectivity index is 2.77. The van der Waals surface area contributed by atoms with E-state index in [0.29, 0.717) is 0 Å². The summed E-state index contributed by atoms with van der Waals surface area (Å²) in [5.41, 5.74) is 0.0805. The Hall–Kier alpha value is -1.06. The zero-order valence-corrected chi connectivity index (χ0v) is 16.1. The Labute approximate surface area is 151 Å². The zero-order chi connectivity index (χ0) is 18.8. The van der Waals surface area contributed by atoms with Crippen molar-refractivity contribution in [3.8, 4) is 0 Å². The van der Waals surface area contributed by atoms with Crippen molar-refractivity contribution in [3.05, 3.63) is 29.6 Å². The molecule has 1 heterocycles. The first-order valence-corrected chi connectivity index (χ1v) is 9.87. The summed E-state index contributed by atoms with van der Waals surface area (Å²) in [6, 6.07) is 2.78. The smallest absolute Gasteiger partial charge is 0.251 e. The fraction of sp³-hybridized carbons (Fsp3) is 0.762. The molecule has 0 aromatic carbocycles. The Morgan fingerprint density at radius 1 is 0.800 bits per heavy atom. The molecule has 0 saturated carbocycles. The number of halogens is 3. The molecule has 1 aromatic heterocycles. The van der Waals surface area contributed by atoms with Crippen LogP contribution in [0, 0.1) is 0 Å². The van der Waals surface area contributed by atoms with Gasteiger partial charge in [0.1, 0.15) is 5.69 Å². The largest absolute Gasteiger partial charge is 0.433 e. The first-order valence-electron chi connectivity index (χ1n) is 9.87. The lowest BCUT2D eigenvalue weighted by molar-refractivity contribution is -0.141. The molecular weight excluding hydrogens is 323 g/mol. The third kappa shape index (κ3) is 7.79. The fourth-order valence-corrected chi connectivity index (χ4v) is 3.39. The van der Waals surface area contributed by atoms with Gasteiger partial charge in [0.05, 0.1) is 0 Å². The summed E-state index contributed by atoms with van der Waals surface area (Å²) in [6.07, 6.45) is 9.91. The number of hydrogen-bond donors (Lipinski definition) is 0. The van der Waals surface area contributed by atoms with Gasteiger partial charge in [-0.1, -0.05) is 84.6 Å². The maximum atomic E-state index is 12.8. The monoisotopic (exact) mass is 357 g/mol. The number of nitrogens with zero attached hydrogens (tertiary/aromatic N) is 1. The Kier molecular flexibility index (Phi) is 9.52. The quantitative estimate of drug-likeness (QED) is 0.349. The molecule has 0 aliphatic heterocycles. The highest BCUT2D eigenvalue weighted by molar-refractivity contribution is 5.24. The van der Waals surface area contributed by atoms with Crippen LogP contribution in [0.25, 0.3) is 0 Å². The topological polar surface area (TPSA) is 12.9 Å². The van der Waals surface area contributed by atoms with Crippen LogP contribution in [0.3, 0.4) is 0 Å². The van der Waals surface area contributed by atoms with Crippen molar-refractivity contribution in [2.75, 3.05) is 0 Å². The second-order valence-electron chi connectivity index (χ2n) is 7.47. The SMILES string of the molecule is CCCCCCCC(C)(CCCCCC)c1ccc(C(F)(F)F)nc1. The highest BCUT2D eigenvalue weighted by Gasteiger charge is 2.33. The van der Waals surface area contributed by atoms with Crippen LogP contribution in [0.2, 0.25) is 0 Å². The third-order valence-electron chi connectivity index (χ3n) is 5.17. The summed E-state index contributed by atoms with van der Waals surface area (Å²) in [7, 11) is 0. The molecule has 0 aliphatic carbocycles. The number of rotatable bonds is 12. The first kappa shape index (κ1) is 22.0. The lowest BCUT2D eigenvalue weighted by atomic mass is 9.74. The van der Waals surface area contributed by atoms with E-state index in [1.807, 2.05) is 0 Å². The maximum absolute atomic E-state index is 12.8. The molecular formula is C21H34F3N. The van der Waals surface area contributed by atoms with Crippen LogP contribution in [0.1, 0.15) is 103 Å². The molecule has 1 unspecified atom stereocenters. The normalized spacial score (nSPS) is 14.5. The predicted molar refractivity (Wildman–Crippen MR) is 98.7 cm³/mol. The van der Waals surface area contributed by atoms with Crippen molar-refractivity contribution >= 4 is 0 Å². The number of aromatic nitrogens is 1. The average Bonchev–Trinajstić information content (AvgIpc) is 2.58. The van der Waals surface area contributed by atoms with Crippen LogP contribution in [0.15, 0.2) is 18.3 Å². The Morgan fingerprint density at radius 2 is 1.32 bits per heavy atom. The number of unbranched alkanes of at least 4 members (excludes halogenated alkanes) is 7.